The van der Waals surface area contributed by atoms with Crippen LogP contribution in [0.1, 0.15) is 21.6 Å². The van der Waals surface area contributed by atoms with E-state index in [0.717, 1.165) is 16.8 Å². The zero-order chi connectivity index (χ0) is 13.1. The second kappa shape index (κ2) is 5.14. The van der Waals surface area contributed by atoms with E-state index >= 15 is 0 Å². The Bertz CT molecular complexity index is 599. The number of halogens is 1. The molecule has 0 atom stereocenters. The minimum Gasteiger partial charge on any atom is -0.320 e. The summed E-state index contributed by atoms with van der Waals surface area (Å²) in [7, 11) is 0. The fraction of sp³-hybridized carbons (Fsp3) is 0.154. The highest BCUT2D eigenvalue weighted by atomic mass is 35.5. The van der Waals surface area contributed by atoms with Crippen LogP contribution in [0.4, 0.5) is 5.69 Å². The monoisotopic (exact) mass is 261 g/mol. The Balaban J connectivity index is 2.24. The van der Waals surface area contributed by atoms with E-state index in [1.54, 1.807) is 0 Å². The summed E-state index contributed by atoms with van der Waals surface area (Å²) in [5.74, 6) is -0.321. The van der Waals surface area contributed by atoms with Crippen LogP contribution in [-0.2, 0) is 0 Å². The molecule has 1 heterocycles. The summed E-state index contributed by atoms with van der Waals surface area (Å²) in [4.78, 5) is 19.7. The number of amides is 1. The maximum absolute atomic E-state index is 12.0. The Hall–Kier alpha value is -1.94. The molecule has 1 amide bonds. The molecule has 4 nitrogen and oxygen atoms in total. The fourth-order valence-electron chi connectivity index (χ4n) is 1.51. The maximum Gasteiger partial charge on any atom is 0.275 e. The van der Waals surface area contributed by atoms with Crippen molar-refractivity contribution in [3.63, 3.8) is 0 Å². The number of carbonyl (C=O) groups excluding carboxylic acids is 1. The Morgan fingerprint density at radius 2 is 2.06 bits per heavy atom. The molecule has 92 valence electrons. The first kappa shape index (κ1) is 12.5. The number of nitrogens with zero attached hydrogens (tertiary/aromatic N) is 2. The molecule has 0 saturated carbocycles. The molecule has 0 aliphatic carbocycles. The summed E-state index contributed by atoms with van der Waals surface area (Å²) >= 11 is 5.69. The smallest absolute Gasteiger partial charge is 0.275 e. The summed E-state index contributed by atoms with van der Waals surface area (Å²) in [6.07, 6.45) is 2.77. The number of hydrogen-bond donors (Lipinski definition) is 1. The van der Waals surface area contributed by atoms with Crippen LogP contribution in [0.25, 0.3) is 0 Å². The van der Waals surface area contributed by atoms with E-state index in [4.69, 9.17) is 11.6 Å². The lowest BCUT2D eigenvalue weighted by molar-refractivity contribution is 0.102. The normalized spacial score (nSPS) is 10.2. The summed E-state index contributed by atoms with van der Waals surface area (Å²) in [6, 6.07) is 5.85. The van der Waals surface area contributed by atoms with E-state index in [1.807, 2.05) is 32.0 Å². The van der Waals surface area contributed by atoms with Gasteiger partial charge < -0.3 is 5.32 Å². The quantitative estimate of drug-likeness (QED) is 0.904. The molecule has 2 rings (SSSR count). The zero-order valence-electron chi connectivity index (χ0n) is 10.1. The van der Waals surface area contributed by atoms with Gasteiger partial charge in [0.05, 0.1) is 12.4 Å². The average Bonchev–Trinajstić information content (AvgIpc) is 2.34. The number of hydrogen-bond acceptors (Lipinski definition) is 3. The van der Waals surface area contributed by atoms with Crippen molar-refractivity contribution >= 4 is 23.2 Å². The molecule has 0 aliphatic rings. The number of aromatic nitrogens is 2. The van der Waals surface area contributed by atoms with Crippen LogP contribution in [0, 0.1) is 13.8 Å². The third kappa shape index (κ3) is 2.84. The maximum atomic E-state index is 12.0. The molecule has 0 bridgehead atoms. The topological polar surface area (TPSA) is 54.9 Å². The van der Waals surface area contributed by atoms with E-state index in [0.29, 0.717) is 0 Å². The predicted molar refractivity (Wildman–Crippen MR) is 70.9 cm³/mol. The number of aryl methyl sites for hydroxylation is 2. The van der Waals surface area contributed by atoms with E-state index in [1.165, 1.54) is 12.4 Å². The first-order chi connectivity index (χ1) is 8.56. The molecule has 1 N–H and O–H groups in total. The molecule has 0 radical (unpaired) electrons. The number of benzene rings is 1. The Morgan fingerprint density at radius 1 is 1.28 bits per heavy atom. The predicted octanol–water partition coefficient (Wildman–Crippen LogP) is 3.00. The van der Waals surface area contributed by atoms with Gasteiger partial charge >= 0.3 is 0 Å². The molecular formula is C13H12ClN3O. The van der Waals surface area contributed by atoms with Gasteiger partial charge in [-0.2, -0.15) is 0 Å². The molecule has 0 saturated heterocycles. The molecule has 0 aliphatic heterocycles. The standard InChI is InChI=1S/C13H12ClN3O/c1-8-3-4-9(2)10(5-8)17-13(18)11-6-15-7-12(14)16-11/h3-7H,1-2H3,(H,17,18). The lowest BCUT2D eigenvalue weighted by atomic mass is 10.1. The molecule has 2 aromatic rings. The number of rotatable bonds is 2. The highest BCUT2D eigenvalue weighted by Crippen LogP contribution is 2.17. The third-order valence-corrected chi connectivity index (χ3v) is 2.66. The van der Waals surface area contributed by atoms with Crippen LogP contribution in [0.15, 0.2) is 30.6 Å². The summed E-state index contributed by atoms with van der Waals surface area (Å²) in [5.41, 5.74) is 3.03. The van der Waals surface area contributed by atoms with Gasteiger partial charge in [-0.1, -0.05) is 23.7 Å². The molecule has 5 heteroatoms. The van der Waals surface area contributed by atoms with Crippen molar-refractivity contribution < 1.29 is 4.79 Å². The van der Waals surface area contributed by atoms with Crippen molar-refractivity contribution in [1.29, 1.82) is 0 Å². The van der Waals surface area contributed by atoms with E-state index < -0.39 is 0 Å². The lowest BCUT2D eigenvalue weighted by Gasteiger charge is -2.08. The van der Waals surface area contributed by atoms with Crippen molar-refractivity contribution in [3.05, 3.63) is 52.6 Å². The van der Waals surface area contributed by atoms with Gasteiger partial charge in [0, 0.05) is 5.69 Å². The zero-order valence-corrected chi connectivity index (χ0v) is 10.8. The Kier molecular flexibility index (Phi) is 3.58. The molecule has 0 fully saturated rings. The fourth-order valence-corrected chi connectivity index (χ4v) is 1.66. The Labute approximate surface area is 110 Å². The number of anilines is 1. The Morgan fingerprint density at radius 3 is 2.78 bits per heavy atom. The van der Waals surface area contributed by atoms with Crippen molar-refractivity contribution in [2.24, 2.45) is 0 Å². The van der Waals surface area contributed by atoms with Crippen molar-refractivity contribution in [2.75, 3.05) is 5.32 Å². The SMILES string of the molecule is Cc1ccc(C)c(NC(=O)c2cncc(Cl)n2)c1. The van der Waals surface area contributed by atoms with Gasteiger partial charge in [-0.15, -0.1) is 0 Å². The van der Waals surface area contributed by atoms with Gasteiger partial charge in [-0.3, -0.25) is 9.78 Å². The summed E-state index contributed by atoms with van der Waals surface area (Å²) < 4.78 is 0. The van der Waals surface area contributed by atoms with Gasteiger partial charge in [0.1, 0.15) is 10.8 Å². The van der Waals surface area contributed by atoms with Crippen LogP contribution in [0.3, 0.4) is 0 Å². The van der Waals surface area contributed by atoms with Crippen LogP contribution >= 0.6 is 11.6 Å². The first-order valence-corrected chi connectivity index (χ1v) is 5.80. The lowest BCUT2D eigenvalue weighted by Crippen LogP contribution is -2.14. The minimum atomic E-state index is -0.321. The van der Waals surface area contributed by atoms with Crippen LogP contribution in [0.2, 0.25) is 5.15 Å². The van der Waals surface area contributed by atoms with E-state index in [9.17, 15) is 4.79 Å². The van der Waals surface area contributed by atoms with Crippen LogP contribution in [-0.4, -0.2) is 15.9 Å². The van der Waals surface area contributed by atoms with Crippen molar-refractivity contribution in [3.8, 4) is 0 Å². The van der Waals surface area contributed by atoms with Gasteiger partial charge in [-0.05, 0) is 31.0 Å². The molecule has 1 aromatic carbocycles. The largest absolute Gasteiger partial charge is 0.320 e. The first-order valence-electron chi connectivity index (χ1n) is 5.42. The molecule has 0 spiro atoms. The number of carbonyl (C=O) groups is 1. The summed E-state index contributed by atoms with van der Waals surface area (Å²) in [6.45, 7) is 3.90. The number of nitrogens with one attached hydrogen (secondary N) is 1. The summed E-state index contributed by atoms with van der Waals surface area (Å²) in [5, 5.41) is 2.99. The molecule has 1 aromatic heterocycles. The van der Waals surface area contributed by atoms with Crippen molar-refractivity contribution in [1.82, 2.24) is 9.97 Å². The van der Waals surface area contributed by atoms with Gasteiger partial charge in [0.15, 0.2) is 0 Å². The minimum absolute atomic E-state index is 0.198. The van der Waals surface area contributed by atoms with Crippen molar-refractivity contribution in [2.45, 2.75) is 13.8 Å². The third-order valence-electron chi connectivity index (χ3n) is 2.48. The highest BCUT2D eigenvalue weighted by Gasteiger charge is 2.10. The van der Waals surface area contributed by atoms with Gasteiger partial charge in [0.25, 0.3) is 5.91 Å². The second-order valence-electron chi connectivity index (χ2n) is 4.00. The average molecular weight is 262 g/mol. The van der Waals surface area contributed by atoms with E-state index in [-0.39, 0.29) is 16.8 Å². The van der Waals surface area contributed by atoms with Gasteiger partial charge in [-0.25, -0.2) is 4.98 Å². The highest BCUT2D eigenvalue weighted by molar-refractivity contribution is 6.29. The molecular weight excluding hydrogens is 250 g/mol. The molecule has 18 heavy (non-hydrogen) atoms. The molecule has 0 unspecified atom stereocenters. The van der Waals surface area contributed by atoms with Crippen LogP contribution < -0.4 is 5.32 Å². The second-order valence-corrected chi connectivity index (χ2v) is 4.39. The van der Waals surface area contributed by atoms with Gasteiger partial charge in [0.2, 0.25) is 0 Å². The van der Waals surface area contributed by atoms with E-state index in [2.05, 4.69) is 15.3 Å². The van der Waals surface area contributed by atoms with Crippen LogP contribution in [0.5, 0.6) is 0 Å².